The van der Waals surface area contributed by atoms with Crippen LogP contribution in [0, 0.1) is 10.8 Å². The van der Waals surface area contributed by atoms with Gasteiger partial charge in [-0.15, -0.1) is 11.3 Å². The highest BCUT2D eigenvalue weighted by atomic mass is 32.1. The third-order valence-corrected chi connectivity index (χ3v) is 16.5. The molecule has 1 saturated heterocycles. The molecule has 2 aliphatic rings. The van der Waals surface area contributed by atoms with Gasteiger partial charge in [-0.3, -0.25) is 43.8 Å². The molecular formula is C63H99N9O17S. The van der Waals surface area contributed by atoms with Gasteiger partial charge in [-0.1, -0.05) is 95.2 Å². The van der Waals surface area contributed by atoms with Gasteiger partial charge in [0.25, 0.3) is 0 Å². The molecule has 2 aromatic rings. The number of nitrogens with zero attached hydrogens (tertiary/aromatic N) is 1. The first-order valence-corrected chi connectivity index (χ1v) is 32.8. The second kappa shape index (κ2) is 44.6. The SMILES string of the molecule is C[C@@H](NC(=O)[C@@H]1C[C@]2(COCCNC(=O)COCCOCCNC(=O)COCCOCCNC(=O)CC[C@H](NC(=O)CCCCCCCCCCCCCCCCC(=O)O)C(=O)O)C[C@@H]2N1C(=O)CNC(=O)CCCOc1ccccc1)c1cc(C(=N)N)cs1. The number of fused-ring (bicyclic) bond motifs is 1. The highest BCUT2D eigenvalue weighted by Crippen LogP contribution is 2.59. The molecule has 0 radical (unpaired) electrons. The zero-order valence-corrected chi connectivity index (χ0v) is 53.3. The van der Waals surface area contributed by atoms with E-state index in [2.05, 4.69) is 31.9 Å². The Bertz CT molecular complexity index is 2510. The molecule has 2 fully saturated rings. The van der Waals surface area contributed by atoms with Gasteiger partial charge in [0.15, 0.2) is 0 Å². The van der Waals surface area contributed by atoms with Crippen LogP contribution >= 0.6 is 11.3 Å². The number of para-hydroxylation sites is 1. The van der Waals surface area contributed by atoms with E-state index in [4.69, 9.17) is 44.7 Å². The van der Waals surface area contributed by atoms with Gasteiger partial charge < -0.3 is 81.2 Å². The first-order chi connectivity index (χ1) is 43.5. The fraction of sp³-hybridized carbons (Fsp3) is 0.683. The number of aliphatic carboxylic acids is 2. The second-order valence-corrected chi connectivity index (χ2v) is 23.7. The van der Waals surface area contributed by atoms with Crippen LogP contribution in [0.15, 0.2) is 41.8 Å². The second-order valence-electron chi connectivity index (χ2n) is 22.8. The van der Waals surface area contributed by atoms with Crippen molar-refractivity contribution in [3.05, 3.63) is 52.2 Å². The van der Waals surface area contributed by atoms with E-state index in [0.717, 1.165) is 56.2 Å². The monoisotopic (exact) mass is 1290 g/mol. The average Bonchev–Trinajstić information content (AvgIpc) is 1.56. The number of unbranched alkanes of at least 4 members (excludes halogenated alkanes) is 13. The molecule has 5 atom stereocenters. The number of amidine groups is 1. The van der Waals surface area contributed by atoms with E-state index in [1.54, 1.807) is 16.3 Å². The fourth-order valence-electron chi connectivity index (χ4n) is 10.3. The summed E-state index contributed by atoms with van der Waals surface area (Å²) in [6, 6.07) is 8.34. The number of nitrogens with two attached hydrogens (primary N) is 1. The number of nitrogens with one attached hydrogen (secondary N) is 7. The molecule has 0 spiro atoms. The van der Waals surface area contributed by atoms with Gasteiger partial charge >= 0.3 is 11.9 Å². The Hall–Kier alpha value is -6.78. The molecule has 27 heteroatoms. The molecule has 1 aromatic carbocycles. The molecule has 1 aromatic heterocycles. The van der Waals surface area contributed by atoms with Crippen LogP contribution in [0.25, 0.3) is 0 Å². The first-order valence-electron chi connectivity index (χ1n) is 31.9. The third-order valence-electron chi connectivity index (χ3n) is 15.4. The molecule has 0 unspecified atom stereocenters. The molecule has 26 nitrogen and oxygen atoms in total. The minimum Gasteiger partial charge on any atom is -0.494 e. The van der Waals surface area contributed by atoms with Crippen LogP contribution in [0.5, 0.6) is 5.75 Å². The molecule has 1 aliphatic heterocycles. The quantitative estimate of drug-likeness (QED) is 0.0245. The minimum absolute atomic E-state index is 0.0480. The Kier molecular flexibility index (Phi) is 37.5. The number of likely N-dealkylation sites (tertiary alicyclic amines) is 1. The van der Waals surface area contributed by atoms with E-state index in [-0.39, 0.29) is 178 Å². The highest BCUT2D eigenvalue weighted by molar-refractivity contribution is 7.10. The van der Waals surface area contributed by atoms with Crippen molar-refractivity contribution in [1.29, 1.82) is 5.41 Å². The van der Waals surface area contributed by atoms with Crippen molar-refractivity contribution < 1.29 is 81.8 Å². The number of hydrogen-bond donors (Lipinski definition) is 10. The summed E-state index contributed by atoms with van der Waals surface area (Å²) in [5.74, 6) is -3.76. The van der Waals surface area contributed by atoms with E-state index in [9.17, 15) is 48.3 Å². The van der Waals surface area contributed by atoms with Crippen molar-refractivity contribution in [3.63, 3.8) is 0 Å². The van der Waals surface area contributed by atoms with Crippen LogP contribution in [-0.2, 0) is 66.8 Å². The van der Waals surface area contributed by atoms with E-state index in [0.29, 0.717) is 43.6 Å². The van der Waals surface area contributed by atoms with Crippen molar-refractivity contribution in [2.45, 2.75) is 172 Å². The average molecular weight is 1290 g/mol. The first kappa shape index (κ1) is 75.7. The summed E-state index contributed by atoms with van der Waals surface area (Å²) < 4.78 is 33.3. The number of rotatable bonds is 54. The van der Waals surface area contributed by atoms with Crippen LogP contribution < -0.4 is 42.4 Å². The fourth-order valence-corrected chi connectivity index (χ4v) is 11.2. The van der Waals surface area contributed by atoms with Crippen molar-refractivity contribution >= 4 is 70.5 Å². The maximum absolute atomic E-state index is 13.8. The summed E-state index contributed by atoms with van der Waals surface area (Å²) >= 11 is 1.37. The normalized spacial score (nSPS) is 16.3. The van der Waals surface area contributed by atoms with Gasteiger partial charge in [0, 0.05) is 72.6 Å². The summed E-state index contributed by atoms with van der Waals surface area (Å²) in [7, 11) is 0. The number of amides is 7. The zero-order valence-electron chi connectivity index (χ0n) is 52.5. The lowest BCUT2D eigenvalue weighted by Crippen LogP contribution is -2.51. The van der Waals surface area contributed by atoms with Gasteiger partial charge in [0.2, 0.25) is 41.4 Å². The van der Waals surface area contributed by atoms with Crippen LogP contribution in [0.2, 0.25) is 0 Å². The van der Waals surface area contributed by atoms with E-state index in [1.807, 2.05) is 37.3 Å². The Morgan fingerprint density at radius 3 is 1.69 bits per heavy atom. The molecule has 2 heterocycles. The number of benzene rings is 1. The predicted molar refractivity (Wildman–Crippen MR) is 336 cm³/mol. The van der Waals surface area contributed by atoms with E-state index < -0.39 is 35.5 Å². The number of nitrogen functional groups attached to an aromatic ring is 1. The number of carbonyl (C=O) groups excluding carboxylic acids is 7. The molecule has 4 rings (SSSR count). The molecule has 90 heavy (non-hydrogen) atoms. The lowest BCUT2D eigenvalue weighted by Gasteiger charge is -2.28. The Morgan fingerprint density at radius 2 is 1.13 bits per heavy atom. The largest absolute Gasteiger partial charge is 0.494 e. The number of thiophene rings is 1. The predicted octanol–water partition coefficient (Wildman–Crippen LogP) is 4.65. The topological polar surface area (TPSA) is 375 Å². The number of carbonyl (C=O) groups is 9. The van der Waals surface area contributed by atoms with Gasteiger partial charge in [-0.25, -0.2) is 4.79 Å². The number of ether oxygens (including phenoxy) is 6. The zero-order chi connectivity index (χ0) is 65.2. The summed E-state index contributed by atoms with van der Waals surface area (Å²) in [6.07, 6.45) is 16.8. The van der Waals surface area contributed by atoms with Crippen molar-refractivity contribution in [1.82, 2.24) is 36.8 Å². The number of carboxylic acid groups (broad SMARTS) is 2. The molecule has 7 amide bonds. The minimum atomic E-state index is -1.20. The van der Waals surface area contributed by atoms with Crippen LogP contribution in [-0.4, -0.2) is 191 Å². The molecule has 504 valence electrons. The van der Waals surface area contributed by atoms with Crippen LogP contribution in [0.1, 0.15) is 165 Å². The van der Waals surface area contributed by atoms with E-state index in [1.165, 1.54) is 43.4 Å². The Balaban J connectivity index is 0.943. The number of carboxylic acids is 2. The summed E-state index contributed by atoms with van der Waals surface area (Å²) in [5.41, 5.74) is 5.73. The maximum Gasteiger partial charge on any atom is 0.326 e. The standard InChI is InChI=1S/C63H99N9O17S/c1-46(51-38-47(44-90-51)60(64)65)70-61(81)50-39-63(40-52(63)72(50)58(78)41-69-53(73)23-19-30-89-48-20-15-14-16-21-48)45-88-33-29-68-57(77)43-87-37-35-85-32-28-67-56(76)42-86-36-34-84-31-27-66-54(74)26-25-49(62(82)83)71-55(75)22-17-12-10-8-6-4-2-3-5-7-9-11-13-18-24-59(79)80/h14-16,20-21,38,44,46,49-50,52H,2-13,17-19,22-37,39-43,45H2,1H3,(H3,64,65)(H,66,74)(H,67,76)(H,68,77)(H,69,73)(H,70,81)(H,71,75)(H,79,80)(H,82,83)/t46-,49+,50+,52+,63-/m1/s1. The Morgan fingerprint density at radius 1 is 0.611 bits per heavy atom. The van der Waals surface area contributed by atoms with Gasteiger partial charge in [0.1, 0.15) is 36.9 Å². The lowest BCUT2D eigenvalue weighted by molar-refractivity contribution is -0.142. The molecular weight excluding hydrogens is 1190 g/mol. The summed E-state index contributed by atoms with van der Waals surface area (Å²) in [6.45, 7) is 3.49. The van der Waals surface area contributed by atoms with Crippen LogP contribution in [0.3, 0.4) is 0 Å². The van der Waals surface area contributed by atoms with Gasteiger partial charge in [0.05, 0.1) is 72.0 Å². The lowest BCUT2D eigenvalue weighted by atomic mass is 10.00. The number of piperidine rings is 1. The summed E-state index contributed by atoms with van der Waals surface area (Å²) in [4.78, 5) is 114. The van der Waals surface area contributed by atoms with Gasteiger partial charge in [-0.05, 0) is 63.6 Å². The molecule has 11 N–H and O–H groups in total. The maximum atomic E-state index is 13.8. The van der Waals surface area contributed by atoms with Crippen molar-refractivity contribution in [2.75, 3.05) is 98.9 Å². The summed E-state index contributed by atoms with van der Waals surface area (Å²) in [5, 5.41) is 44.1. The van der Waals surface area contributed by atoms with Crippen LogP contribution in [0.4, 0.5) is 0 Å². The molecule has 1 aliphatic carbocycles. The third kappa shape index (κ3) is 32.3. The molecule has 0 bridgehead atoms. The van der Waals surface area contributed by atoms with Crippen molar-refractivity contribution in [2.24, 2.45) is 11.1 Å². The van der Waals surface area contributed by atoms with E-state index >= 15 is 0 Å². The number of hydrogen-bond acceptors (Lipinski definition) is 17. The highest BCUT2D eigenvalue weighted by Gasteiger charge is 2.67. The smallest absolute Gasteiger partial charge is 0.326 e. The van der Waals surface area contributed by atoms with Crippen molar-refractivity contribution in [3.8, 4) is 5.75 Å². The molecule has 1 saturated carbocycles. The van der Waals surface area contributed by atoms with Gasteiger partial charge in [-0.2, -0.15) is 0 Å². The Labute approximate surface area is 532 Å².